The third kappa shape index (κ3) is 4.29. The molecule has 0 bridgehead atoms. The minimum Gasteiger partial charge on any atom is -0.459 e. The summed E-state index contributed by atoms with van der Waals surface area (Å²) in [6, 6.07) is 0. The van der Waals surface area contributed by atoms with Gasteiger partial charge in [-0.05, 0) is 38.2 Å². The molecule has 0 unspecified atom stereocenters. The van der Waals surface area contributed by atoms with Crippen molar-refractivity contribution in [3.8, 4) is 0 Å². The van der Waals surface area contributed by atoms with E-state index in [1.54, 1.807) is 0 Å². The predicted molar refractivity (Wildman–Crippen MR) is 55.9 cm³/mol. The Balaban J connectivity index is 2.28. The Hall–Kier alpha value is -1.01. The highest BCUT2D eigenvalue weighted by Crippen LogP contribution is 2.20. The van der Waals surface area contributed by atoms with Crippen LogP contribution >= 0.6 is 0 Å². The lowest BCUT2D eigenvalue weighted by Gasteiger charge is -2.20. The first-order chi connectivity index (χ1) is 6.83. The second-order valence-corrected chi connectivity index (χ2v) is 3.62. The van der Waals surface area contributed by atoms with E-state index in [2.05, 4.69) is 5.73 Å². The molecule has 0 aromatic carbocycles. The Morgan fingerprint density at radius 3 is 2.79 bits per heavy atom. The molecule has 1 aliphatic rings. The molecule has 0 heterocycles. The van der Waals surface area contributed by atoms with Gasteiger partial charge in [-0.25, -0.2) is 4.79 Å². The molecule has 0 aromatic heterocycles. The SMILES string of the molecule is CCC=C=CC(=O)OC1CCCCC1. The van der Waals surface area contributed by atoms with Gasteiger partial charge in [-0.1, -0.05) is 13.3 Å². The normalized spacial score (nSPS) is 16.9. The topological polar surface area (TPSA) is 26.3 Å². The average molecular weight is 194 g/mol. The van der Waals surface area contributed by atoms with Crippen LogP contribution in [0.25, 0.3) is 0 Å². The van der Waals surface area contributed by atoms with E-state index in [4.69, 9.17) is 4.74 Å². The van der Waals surface area contributed by atoms with Crippen LogP contribution in [-0.2, 0) is 9.53 Å². The van der Waals surface area contributed by atoms with Gasteiger partial charge in [-0.15, -0.1) is 5.73 Å². The van der Waals surface area contributed by atoms with Crippen molar-refractivity contribution >= 4 is 5.97 Å². The van der Waals surface area contributed by atoms with Crippen LogP contribution in [-0.4, -0.2) is 12.1 Å². The molecule has 1 rings (SSSR count). The number of carbonyl (C=O) groups excluding carboxylic acids is 1. The maximum Gasteiger partial charge on any atom is 0.338 e. The molecule has 14 heavy (non-hydrogen) atoms. The lowest BCUT2D eigenvalue weighted by atomic mass is 9.98. The molecule has 0 N–H and O–H groups in total. The summed E-state index contributed by atoms with van der Waals surface area (Å²) in [5.74, 6) is -0.249. The molecular weight excluding hydrogens is 176 g/mol. The Kier molecular flexibility index (Phi) is 5.09. The van der Waals surface area contributed by atoms with E-state index in [-0.39, 0.29) is 12.1 Å². The molecule has 1 saturated carbocycles. The van der Waals surface area contributed by atoms with Crippen molar-refractivity contribution in [3.63, 3.8) is 0 Å². The van der Waals surface area contributed by atoms with Crippen LogP contribution in [0.15, 0.2) is 17.9 Å². The molecule has 0 spiro atoms. The number of hydrogen-bond acceptors (Lipinski definition) is 2. The lowest BCUT2D eigenvalue weighted by Crippen LogP contribution is -2.19. The maximum absolute atomic E-state index is 11.2. The summed E-state index contributed by atoms with van der Waals surface area (Å²) in [6.07, 6.45) is 9.95. The number of rotatable bonds is 3. The monoisotopic (exact) mass is 194 g/mol. The number of hydrogen-bond donors (Lipinski definition) is 0. The molecule has 0 saturated heterocycles. The Morgan fingerprint density at radius 1 is 1.43 bits per heavy atom. The van der Waals surface area contributed by atoms with Crippen LogP contribution in [0.1, 0.15) is 45.4 Å². The summed E-state index contributed by atoms with van der Waals surface area (Å²) in [4.78, 5) is 11.2. The molecule has 0 aliphatic heterocycles. The zero-order chi connectivity index (χ0) is 10.2. The van der Waals surface area contributed by atoms with Crippen LogP contribution in [0.3, 0.4) is 0 Å². The van der Waals surface area contributed by atoms with Gasteiger partial charge >= 0.3 is 5.97 Å². The van der Waals surface area contributed by atoms with Crippen molar-refractivity contribution in [2.45, 2.75) is 51.6 Å². The fourth-order valence-electron chi connectivity index (χ4n) is 1.63. The lowest BCUT2D eigenvalue weighted by molar-refractivity contribution is -0.144. The maximum atomic E-state index is 11.2. The Bertz CT molecular complexity index is 231. The average Bonchev–Trinajstić information content (AvgIpc) is 2.20. The number of esters is 1. The second-order valence-electron chi connectivity index (χ2n) is 3.62. The number of carbonyl (C=O) groups is 1. The van der Waals surface area contributed by atoms with Gasteiger partial charge in [0.25, 0.3) is 0 Å². The summed E-state index contributed by atoms with van der Waals surface area (Å²) in [5.41, 5.74) is 2.80. The van der Waals surface area contributed by atoms with E-state index in [9.17, 15) is 4.79 Å². The largest absolute Gasteiger partial charge is 0.459 e. The minimum atomic E-state index is -0.249. The van der Waals surface area contributed by atoms with Gasteiger partial charge < -0.3 is 4.74 Å². The molecule has 1 fully saturated rings. The van der Waals surface area contributed by atoms with Crippen LogP contribution in [0.4, 0.5) is 0 Å². The van der Waals surface area contributed by atoms with Crippen molar-refractivity contribution < 1.29 is 9.53 Å². The molecule has 0 aromatic rings. The quantitative estimate of drug-likeness (QED) is 0.392. The molecule has 0 radical (unpaired) electrons. The highest BCUT2D eigenvalue weighted by atomic mass is 16.5. The van der Waals surface area contributed by atoms with E-state index in [0.717, 1.165) is 19.3 Å². The fourth-order valence-corrected chi connectivity index (χ4v) is 1.63. The summed E-state index contributed by atoms with van der Waals surface area (Å²) in [6.45, 7) is 2.01. The van der Waals surface area contributed by atoms with E-state index in [1.165, 1.54) is 25.3 Å². The highest BCUT2D eigenvalue weighted by molar-refractivity contribution is 5.81. The van der Waals surface area contributed by atoms with Gasteiger partial charge in [0.1, 0.15) is 6.10 Å². The standard InChI is InChI=1S/C12H18O2/c1-2-3-5-10-12(13)14-11-8-6-4-7-9-11/h3,10-11H,2,4,6-9H2,1H3. The van der Waals surface area contributed by atoms with Crippen LogP contribution in [0.5, 0.6) is 0 Å². The van der Waals surface area contributed by atoms with Gasteiger partial charge in [0.05, 0.1) is 6.08 Å². The van der Waals surface area contributed by atoms with E-state index in [0.29, 0.717) is 0 Å². The zero-order valence-electron chi connectivity index (χ0n) is 8.79. The zero-order valence-corrected chi connectivity index (χ0v) is 8.79. The van der Waals surface area contributed by atoms with Gasteiger partial charge in [0, 0.05) is 0 Å². The van der Waals surface area contributed by atoms with E-state index in [1.807, 2.05) is 13.0 Å². The van der Waals surface area contributed by atoms with E-state index >= 15 is 0 Å². The van der Waals surface area contributed by atoms with Crippen molar-refractivity contribution in [3.05, 3.63) is 17.9 Å². The molecule has 2 nitrogen and oxygen atoms in total. The predicted octanol–water partition coefficient (Wildman–Crippen LogP) is 2.98. The van der Waals surface area contributed by atoms with Gasteiger partial charge in [0.15, 0.2) is 0 Å². The molecule has 2 heteroatoms. The molecule has 78 valence electrons. The summed E-state index contributed by atoms with van der Waals surface area (Å²) >= 11 is 0. The Labute approximate surface area is 85.6 Å². The minimum absolute atomic E-state index is 0.149. The van der Waals surface area contributed by atoms with Gasteiger partial charge in [0.2, 0.25) is 0 Å². The smallest absolute Gasteiger partial charge is 0.338 e. The Morgan fingerprint density at radius 2 is 2.14 bits per heavy atom. The van der Waals surface area contributed by atoms with Crippen molar-refractivity contribution in [2.75, 3.05) is 0 Å². The summed E-state index contributed by atoms with van der Waals surface area (Å²) in [5, 5.41) is 0. The third-order valence-electron chi connectivity index (χ3n) is 2.36. The molecule has 1 aliphatic carbocycles. The van der Waals surface area contributed by atoms with E-state index < -0.39 is 0 Å². The molecule has 0 atom stereocenters. The fraction of sp³-hybridized carbons (Fsp3) is 0.667. The first kappa shape index (κ1) is 11.1. The van der Waals surface area contributed by atoms with Crippen LogP contribution in [0, 0.1) is 0 Å². The summed E-state index contributed by atoms with van der Waals surface area (Å²) < 4.78 is 5.26. The second kappa shape index (κ2) is 6.44. The van der Waals surface area contributed by atoms with Crippen molar-refractivity contribution in [1.29, 1.82) is 0 Å². The highest BCUT2D eigenvalue weighted by Gasteiger charge is 2.15. The third-order valence-corrected chi connectivity index (χ3v) is 2.36. The molecule has 0 amide bonds. The molecular formula is C12H18O2. The first-order valence-electron chi connectivity index (χ1n) is 5.44. The van der Waals surface area contributed by atoms with Gasteiger partial charge in [-0.2, -0.15) is 0 Å². The first-order valence-corrected chi connectivity index (χ1v) is 5.44. The van der Waals surface area contributed by atoms with Crippen molar-refractivity contribution in [2.24, 2.45) is 0 Å². The van der Waals surface area contributed by atoms with Crippen molar-refractivity contribution in [1.82, 2.24) is 0 Å². The summed E-state index contributed by atoms with van der Waals surface area (Å²) in [7, 11) is 0. The number of ether oxygens (including phenoxy) is 1. The van der Waals surface area contributed by atoms with Crippen LogP contribution < -0.4 is 0 Å². The van der Waals surface area contributed by atoms with Crippen LogP contribution in [0.2, 0.25) is 0 Å². The van der Waals surface area contributed by atoms with Gasteiger partial charge in [-0.3, -0.25) is 0 Å².